The third kappa shape index (κ3) is 3.55. The molecule has 1 aliphatic rings. The first-order valence-corrected chi connectivity index (χ1v) is 6.31. The molecule has 3 nitrogen and oxygen atoms in total. The number of nitriles is 1. The number of nitrogens with zero attached hydrogens (tertiary/aromatic N) is 3. The van der Waals surface area contributed by atoms with Crippen molar-refractivity contribution in [3.63, 3.8) is 0 Å². The third-order valence-electron chi connectivity index (χ3n) is 3.17. The zero-order chi connectivity index (χ0) is 11.9. The maximum atomic E-state index is 8.73. The van der Waals surface area contributed by atoms with E-state index in [0.29, 0.717) is 6.42 Å². The van der Waals surface area contributed by atoms with Crippen molar-refractivity contribution in [2.24, 2.45) is 0 Å². The number of hydrazine groups is 1. The molecule has 0 saturated carbocycles. The van der Waals surface area contributed by atoms with Crippen LogP contribution in [0.1, 0.15) is 24.8 Å². The summed E-state index contributed by atoms with van der Waals surface area (Å²) in [6, 6.07) is 12.7. The first kappa shape index (κ1) is 12.1. The van der Waals surface area contributed by atoms with E-state index in [-0.39, 0.29) is 0 Å². The van der Waals surface area contributed by atoms with E-state index in [4.69, 9.17) is 5.26 Å². The van der Waals surface area contributed by atoms with E-state index in [0.717, 1.165) is 26.2 Å². The molecule has 0 spiro atoms. The number of benzene rings is 1. The van der Waals surface area contributed by atoms with Gasteiger partial charge in [0.15, 0.2) is 0 Å². The summed E-state index contributed by atoms with van der Waals surface area (Å²) in [6.07, 6.45) is 3.15. The first-order valence-electron chi connectivity index (χ1n) is 6.31. The van der Waals surface area contributed by atoms with E-state index in [2.05, 4.69) is 40.4 Å². The van der Waals surface area contributed by atoms with Gasteiger partial charge in [0.25, 0.3) is 0 Å². The van der Waals surface area contributed by atoms with Crippen LogP contribution in [0.4, 0.5) is 0 Å². The van der Waals surface area contributed by atoms with Crippen molar-refractivity contribution in [2.75, 3.05) is 19.6 Å². The van der Waals surface area contributed by atoms with Gasteiger partial charge < -0.3 is 0 Å². The van der Waals surface area contributed by atoms with E-state index in [1.807, 2.05) is 6.07 Å². The molecule has 3 heteroatoms. The summed E-state index contributed by atoms with van der Waals surface area (Å²) in [4.78, 5) is 0. The van der Waals surface area contributed by atoms with Crippen LogP contribution in [0.25, 0.3) is 0 Å². The monoisotopic (exact) mass is 229 g/mol. The lowest BCUT2D eigenvalue weighted by Gasteiger charge is -2.31. The minimum absolute atomic E-state index is 0.601. The highest BCUT2D eigenvalue weighted by molar-refractivity contribution is 5.14. The van der Waals surface area contributed by atoms with Crippen molar-refractivity contribution in [3.8, 4) is 6.07 Å². The minimum atomic E-state index is 0.601. The molecule has 1 aromatic rings. The van der Waals surface area contributed by atoms with Gasteiger partial charge in [0.05, 0.1) is 6.07 Å². The first-order chi connectivity index (χ1) is 8.40. The van der Waals surface area contributed by atoms with Crippen molar-refractivity contribution < 1.29 is 0 Å². The highest BCUT2D eigenvalue weighted by atomic mass is 15.6. The van der Waals surface area contributed by atoms with Gasteiger partial charge in [0, 0.05) is 32.6 Å². The van der Waals surface area contributed by atoms with Crippen molar-refractivity contribution in [1.29, 1.82) is 5.26 Å². The minimum Gasteiger partial charge on any atom is -0.241 e. The van der Waals surface area contributed by atoms with Gasteiger partial charge in [-0.3, -0.25) is 0 Å². The number of rotatable bonds is 5. The normalized spacial score (nSPS) is 16.2. The second-order valence-electron chi connectivity index (χ2n) is 4.44. The lowest BCUT2D eigenvalue weighted by Crippen LogP contribution is -2.40. The van der Waals surface area contributed by atoms with Crippen molar-refractivity contribution in [2.45, 2.75) is 25.8 Å². The van der Waals surface area contributed by atoms with Crippen LogP contribution in [-0.2, 0) is 6.54 Å². The summed E-state index contributed by atoms with van der Waals surface area (Å²) in [5, 5.41) is 13.4. The van der Waals surface area contributed by atoms with E-state index in [1.165, 1.54) is 18.4 Å². The molecule has 0 atom stereocenters. The predicted octanol–water partition coefficient (Wildman–Crippen LogP) is 2.41. The molecular weight excluding hydrogens is 210 g/mol. The lowest BCUT2D eigenvalue weighted by atomic mass is 10.2. The molecule has 1 heterocycles. The molecule has 17 heavy (non-hydrogen) atoms. The van der Waals surface area contributed by atoms with Crippen molar-refractivity contribution >= 4 is 0 Å². The predicted molar refractivity (Wildman–Crippen MR) is 67.9 cm³/mol. The summed E-state index contributed by atoms with van der Waals surface area (Å²) in [7, 11) is 0. The van der Waals surface area contributed by atoms with E-state index >= 15 is 0 Å². The molecule has 0 bridgehead atoms. The highest BCUT2D eigenvalue weighted by Gasteiger charge is 2.19. The molecule has 0 radical (unpaired) electrons. The van der Waals surface area contributed by atoms with E-state index in [9.17, 15) is 0 Å². The smallest absolute Gasteiger partial charge is 0.0635 e. The zero-order valence-corrected chi connectivity index (χ0v) is 10.2. The Hall–Kier alpha value is -1.37. The van der Waals surface area contributed by atoms with Gasteiger partial charge in [0.1, 0.15) is 0 Å². The molecule has 0 unspecified atom stereocenters. The van der Waals surface area contributed by atoms with Gasteiger partial charge in [-0.15, -0.1) is 0 Å². The average Bonchev–Trinajstić information content (AvgIpc) is 2.89. The van der Waals surface area contributed by atoms with Gasteiger partial charge in [-0.05, 0) is 18.4 Å². The fraction of sp³-hybridized carbons (Fsp3) is 0.500. The summed E-state index contributed by atoms with van der Waals surface area (Å²) in [5.74, 6) is 0. The molecule has 1 aliphatic heterocycles. The van der Waals surface area contributed by atoms with Crippen LogP contribution in [0.3, 0.4) is 0 Å². The Morgan fingerprint density at radius 1 is 1.18 bits per heavy atom. The summed E-state index contributed by atoms with van der Waals surface area (Å²) >= 11 is 0. The van der Waals surface area contributed by atoms with Crippen LogP contribution >= 0.6 is 0 Å². The van der Waals surface area contributed by atoms with Crippen LogP contribution in [0, 0.1) is 11.3 Å². The maximum Gasteiger partial charge on any atom is 0.0635 e. The Morgan fingerprint density at radius 2 is 1.88 bits per heavy atom. The topological polar surface area (TPSA) is 30.3 Å². The summed E-state index contributed by atoms with van der Waals surface area (Å²) < 4.78 is 0. The third-order valence-corrected chi connectivity index (χ3v) is 3.17. The fourth-order valence-electron chi connectivity index (χ4n) is 2.28. The summed E-state index contributed by atoms with van der Waals surface area (Å²) in [5.41, 5.74) is 1.32. The molecule has 0 N–H and O–H groups in total. The Kier molecular flexibility index (Phi) is 4.54. The Bertz CT molecular complexity index is 363. The van der Waals surface area contributed by atoms with Crippen LogP contribution in [0.5, 0.6) is 0 Å². The standard InChI is InChI=1S/C14H19N3/c15-9-6-12-17(16-10-4-5-11-16)13-14-7-2-1-3-8-14/h1-3,7-8H,4-6,10-13H2. The van der Waals surface area contributed by atoms with Gasteiger partial charge in [-0.1, -0.05) is 30.3 Å². The molecule has 1 saturated heterocycles. The fourth-order valence-corrected chi connectivity index (χ4v) is 2.28. The van der Waals surface area contributed by atoms with Gasteiger partial charge in [-0.25, -0.2) is 10.0 Å². The van der Waals surface area contributed by atoms with Crippen LogP contribution in [0.15, 0.2) is 30.3 Å². The number of hydrogen-bond donors (Lipinski definition) is 0. The van der Waals surface area contributed by atoms with Gasteiger partial charge in [-0.2, -0.15) is 5.26 Å². The van der Waals surface area contributed by atoms with Crippen LogP contribution in [0.2, 0.25) is 0 Å². The Labute approximate surface area is 103 Å². The highest BCUT2D eigenvalue weighted by Crippen LogP contribution is 2.14. The number of hydrogen-bond acceptors (Lipinski definition) is 3. The second kappa shape index (κ2) is 6.39. The SMILES string of the molecule is N#CCCN(Cc1ccccc1)N1CCCC1. The zero-order valence-electron chi connectivity index (χ0n) is 10.2. The molecule has 1 aromatic carbocycles. The van der Waals surface area contributed by atoms with Crippen molar-refractivity contribution in [1.82, 2.24) is 10.0 Å². The molecule has 0 aliphatic carbocycles. The van der Waals surface area contributed by atoms with Crippen LogP contribution in [-0.4, -0.2) is 29.7 Å². The Balaban J connectivity index is 1.97. The van der Waals surface area contributed by atoms with E-state index < -0.39 is 0 Å². The summed E-state index contributed by atoms with van der Waals surface area (Å²) in [6.45, 7) is 4.03. The molecule has 0 aromatic heterocycles. The van der Waals surface area contributed by atoms with Gasteiger partial charge >= 0.3 is 0 Å². The van der Waals surface area contributed by atoms with E-state index in [1.54, 1.807) is 0 Å². The lowest BCUT2D eigenvalue weighted by molar-refractivity contribution is -0.00966. The molecule has 2 rings (SSSR count). The quantitative estimate of drug-likeness (QED) is 0.776. The maximum absolute atomic E-state index is 8.73. The molecule has 90 valence electrons. The largest absolute Gasteiger partial charge is 0.241 e. The molecule has 0 amide bonds. The second-order valence-corrected chi connectivity index (χ2v) is 4.44. The molecular formula is C14H19N3. The Morgan fingerprint density at radius 3 is 2.53 bits per heavy atom. The van der Waals surface area contributed by atoms with Crippen molar-refractivity contribution in [3.05, 3.63) is 35.9 Å². The van der Waals surface area contributed by atoms with Gasteiger partial charge in [0.2, 0.25) is 0 Å². The van der Waals surface area contributed by atoms with Crippen LogP contribution < -0.4 is 0 Å². The molecule has 1 fully saturated rings. The average molecular weight is 229 g/mol.